The van der Waals surface area contributed by atoms with Gasteiger partial charge >= 0.3 is 0 Å². The van der Waals surface area contributed by atoms with Gasteiger partial charge in [0.2, 0.25) is 0 Å². The minimum Gasteiger partial charge on any atom is -0.252 e. The lowest BCUT2D eigenvalue weighted by Crippen LogP contribution is -1.88. The van der Waals surface area contributed by atoms with Gasteiger partial charge in [-0.2, -0.15) is 0 Å². The quantitative estimate of drug-likeness (QED) is 0.397. The van der Waals surface area contributed by atoms with Crippen LogP contribution in [0, 0.1) is 13.8 Å². The average Bonchev–Trinajstić information content (AvgIpc) is 2.47. The highest BCUT2D eigenvalue weighted by Gasteiger charge is 2.09. The third kappa shape index (κ3) is 1.53. The normalized spacial score (nSPS) is 11.5. The van der Waals surface area contributed by atoms with Gasteiger partial charge in [0, 0.05) is 16.5 Å². The minimum atomic E-state index is 1.07. The Morgan fingerprint density at radius 2 is 1.30 bits per heavy atom. The third-order valence-electron chi connectivity index (χ3n) is 3.97. The van der Waals surface area contributed by atoms with Crippen LogP contribution in [0.3, 0.4) is 0 Å². The van der Waals surface area contributed by atoms with Crippen molar-refractivity contribution >= 4 is 32.4 Å². The lowest BCUT2D eigenvalue weighted by atomic mass is 9.96. The van der Waals surface area contributed by atoms with E-state index in [4.69, 9.17) is 4.98 Å². The van der Waals surface area contributed by atoms with Crippen LogP contribution in [0.2, 0.25) is 0 Å². The lowest BCUT2D eigenvalue weighted by Gasteiger charge is -2.10. The van der Waals surface area contributed by atoms with Crippen LogP contribution in [0.25, 0.3) is 32.4 Å². The Morgan fingerprint density at radius 1 is 0.650 bits per heavy atom. The van der Waals surface area contributed by atoms with Gasteiger partial charge in [0.1, 0.15) is 0 Å². The fraction of sp³-hybridized carbons (Fsp3) is 0.105. The van der Waals surface area contributed by atoms with Gasteiger partial charge in [0.15, 0.2) is 0 Å². The van der Waals surface area contributed by atoms with E-state index in [-0.39, 0.29) is 0 Å². The predicted octanol–water partition coefficient (Wildman–Crippen LogP) is 5.16. The number of pyridine rings is 1. The summed E-state index contributed by atoms with van der Waals surface area (Å²) in [6.45, 7) is 4.19. The van der Waals surface area contributed by atoms with Gasteiger partial charge in [-0.25, -0.2) is 0 Å². The van der Waals surface area contributed by atoms with E-state index in [1.54, 1.807) is 0 Å². The van der Waals surface area contributed by atoms with Crippen molar-refractivity contribution < 1.29 is 0 Å². The minimum absolute atomic E-state index is 1.07. The van der Waals surface area contributed by atoms with Crippen molar-refractivity contribution in [3.05, 3.63) is 65.9 Å². The zero-order valence-electron chi connectivity index (χ0n) is 11.6. The molecule has 1 heterocycles. The molecule has 4 rings (SSSR count). The highest BCUT2D eigenvalue weighted by Crippen LogP contribution is 2.34. The second-order valence-corrected chi connectivity index (χ2v) is 5.44. The highest BCUT2D eigenvalue weighted by molar-refractivity contribution is 6.24. The summed E-state index contributed by atoms with van der Waals surface area (Å²) in [7, 11) is 0. The van der Waals surface area contributed by atoms with Crippen LogP contribution < -0.4 is 0 Å². The molecule has 20 heavy (non-hydrogen) atoms. The van der Waals surface area contributed by atoms with Gasteiger partial charge in [0.05, 0.1) is 5.52 Å². The molecule has 3 aromatic carbocycles. The van der Waals surface area contributed by atoms with Gasteiger partial charge in [-0.15, -0.1) is 0 Å². The highest BCUT2D eigenvalue weighted by atomic mass is 14.7. The van der Waals surface area contributed by atoms with E-state index in [9.17, 15) is 0 Å². The number of aryl methyl sites for hydroxylation is 2. The van der Waals surface area contributed by atoms with E-state index in [1.807, 2.05) is 0 Å². The van der Waals surface area contributed by atoms with Crippen LogP contribution >= 0.6 is 0 Å². The van der Waals surface area contributed by atoms with E-state index in [2.05, 4.69) is 68.4 Å². The molecule has 1 aromatic heterocycles. The summed E-state index contributed by atoms with van der Waals surface area (Å²) >= 11 is 0. The maximum Gasteiger partial charge on any atom is 0.0790 e. The van der Waals surface area contributed by atoms with Gasteiger partial charge < -0.3 is 0 Å². The van der Waals surface area contributed by atoms with Crippen LogP contribution in [-0.4, -0.2) is 4.98 Å². The monoisotopic (exact) mass is 257 g/mol. The Bertz CT molecular complexity index is 887. The van der Waals surface area contributed by atoms with Gasteiger partial charge in [-0.05, 0) is 42.1 Å². The van der Waals surface area contributed by atoms with Crippen molar-refractivity contribution in [2.75, 3.05) is 0 Å². The number of hydrogen-bond donors (Lipinski definition) is 0. The summed E-state index contributed by atoms with van der Waals surface area (Å²) in [4.78, 5) is 4.80. The van der Waals surface area contributed by atoms with Crippen LogP contribution in [0.4, 0.5) is 0 Å². The largest absolute Gasteiger partial charge is 0.252 e. The summed E-state index contributed by atoms with van der Waals surface area (Å²) in [6, 6.07) is 19.5. The first kappa shape index (κ1) is 11.4. The molecule has 0 unspecified atom stereocenters. The molecule has 0 aliphatic heterocycles. The van der Waals surface area contributed by atoms with Crippen molar-refractivity contribution in [1.29, 1.82) is 0 Å². The Morgan fingerprint density at radius 3 is 2.10 bits per heavy atom. The standard InChI is InChI=1S/C19H15N/c1-12-7-9-16-14-5-3-4-6-15(14)17-10-8-13(2)20-19(17)18(16)11-12/h3-11H,1-2H3. The lowest BCUT2D eigenvalue weighted by molar-refractivity contribution is 1.26. The Balaban J connectivity index is 2.41. The van der Waals surface area contributed by atoms with Crippen molar-refractivity contribution in [2.24, 2.45) is 0 Å². The van der Waals surface area contributed by atoms with E-state index in [0.717, 1.165) is 11.2 Å². The van der Waals surface area contributed by atoms with E-state index in [1.165, 1.54) is 32.5 Å². The van der Waals surface area contributed by atoms with Gasteiger partial charge in [-0.3, -0.25) is 4.98 Å². The number of benzene rings is 3. The summed E-state index contributed by atoms with van der Waals surface area (Å²) < 4.78 is 0. The molecular formula is C19H15N. The van der Waals surface area contributed by atoms with Crippen molar-refractivity contribution in [3.8, 4) is 0 Å². The molecule has 1 nitrogen and oxygen atoms in total. The van der Waals surface area contributed by atoms with E-state index < -0.39 is 0 Å². The molecule has 0 aliphatic carbocycles. The SMILES string of the molecule is Cc1ccc2c3ccccc3c3ccc(C)nc3c2c1. The van der Waals surface area contributed by atoms with Crippen LogP contribution in [0.1, 0.15) is 11.3 Å². The number of rotatable bonds is 0. The van der Waals surface area contributed by atoms with E-state index >= 15 is 0 Å². The molecular weight excluding hydrogens is 242 g/mol. The van der Waals surface area contributed by atoms with Gasteiger partial charge in [0.25, 0.3) is 0 Å². The summed E-state index contributed by atoms with van der Waals surface area (Å²) in [6.07, 6.45) is 0. The summed E-state index contributed by atoms with van der Waals surface area (Å²) in [5, 5.41) is 6.37. The molecule has 0 atom stereocenters. The predicted molar refractivity (Wildman–Crippen MR) is 86.2 cm³/mol. The fourth-order valence-corrected chi connectivity index (χ4v) is 3.02. The third-order valence-corrected chi connectivity index (χ3v) is 3.97. The molecule has 0 N–H and O–H groups in total. The fourth-order valence-electron chi connectivity index (χ4n) is 3.02. The molecule has 0 amide bonds. The first-order valence-corrected chi connectivity index (χ1v) is 6.92. The number of nitrogens with zero attached hydrogens (tertiary/aromatic N) is 1. The molecule has 0 radical (unpaired) electrons. The number of hydrogen-bond acceptors (Lipinski definition) is 1. The number of aromatic nitrogens is 1. The summed E-state index contributed by atoms with van der Waals surface area (Å²) in [5.41, 5.74) is 3.45. The van der Waals surface area contributed by atoms with Gasteiger partial charge in [-0.1, -0.05) is 48.0 Å². The molecule has 0 saturated carbocycles. The Kier molecular flexibility index (Phi) is 2.31. The zero-order valence-corrected chi connectivity index (χ0v) is 11.6. The van der Waals surface area contributed by atoms with Crippen LogP contribution in [-0.2, 0) is 0 Å². The molecule has 0 saturated heterocycles. The number of fused-ring (bicyclic) bond motifs is 6. The summed E-state index contributed by atoms with van der Waals surface area (Å²) in [5.74, 6) is 0. The molecule has 0 bridgehead atoms. The molecule has 4 aromatic rings. The zero-order chi connectivity index (χ0) is 13.7. The maximum atomic E-state index is 4.80. The first-order valence-electron chi connectivity index (χ1n) is 6.92. The van der Waals surface area contributed by atoms with Crippen molar-refractivity contribution in [3.63, 3.8) is 0 Å². The average molecular weight is 257 g/mol. The first-order chi connectivity index (χ1) is 9.74. The Labute approximate surface area is 117 Å². The second kappa shape index (κ2) is 4.04. The molecule has 0 spiro atoms. The van der Waals surface area contributed by atoms with E-state index in [0.29, 0.717) is 0 Å². The molecule has 0 aliphatic rings. The van der Waals surface area contributed by atoms with Crippen LogP contribution in [0.15, 0.2) is 54.6 Å². The van der Waals surface area contributed by atoms with Crippen molar-refractivity contribution in [2.45, 2.75) is 13.8 Å². The van der Waals surface area contributed by atoms with Crippen molar-refractivity contribution in [1.82, 2.24) is 4.98 Å². The topological polar surface area (TPSA) is 12.9 Å². The molecule has 1 heteroatoms. The van der Waals surface area contributed by atoms with Crippen LogP contribution in [0.5, 0.6) is 0 Å². The second-order valence-electron chi connectivity index (χ2n) is 5.44. The molecule has 0 fully saturated rings. The smallest absolute Gasteiger partial charge is 0.0790 e. The molecule has 96 valence electrons. The Hall–Kier alpha value is -2.41. The maximum absolute atomic E-state index is 4.80.